The zero-order valence-electron chi connectivity index (χ0n) is 12.8. The average molecular weight is 315 g/mol. The van der Waals surface area contributed by atoms with Crippen LogP contribution in [0.4, 0.5) is 8.78 Å². The second-order valence-electron chi connectivity index (χ2n) is 5.51. The second kappa shape index (κ2) is 8.53. The summed E-state index contributed by atoms with van der Waals surface area (Å²) in [4.78, 5) is 2.01. The summed E-state index contributed by atoms with van der Waals surface area (Å²) in [5.74, 6) is -1.41. The Morgan fingerprint density at radius 3 is 2.45 bits per heavy atom. The molecule has 0 aromatic heterocycles. The number of nitrogens with zero attached hydrogens (tertiary/aromatic N) is 1. The summed E-state index contributed by atoms with van der Waals surface area (Å²) in [6.07, 6.45) is 0.715. The monoisotopic (exact) mass is 315 g/mol. The molecule has 0 radical (unpaired) electrons. The van der Waals surface area contributed by atoms with Gasteiger partial charge in [-0.2, -0.15) is 0 Å². The van der Waals surface area contributed by atoms with Crippen molar-refractivity contribution < 1.29 is 23.4 Å². The van der Waals surface area contributed by atoms with Crippen LogP contribution in [0, 0.1) is 11.6 Å². The number of hydrogen-bond donors (Lipinski definition) is 1. The SMILES string of the molecule is COCCOC1CCN(CC(O)c2c(F)cccc2F)CC1. The highest BCUT2D eigenvalue weighted by Gasteiger charge is 2.24. The van der Waals surface area contributed by atoms with Crippen molar-refractivity contribution in [2.24, 2.45) is 0 Å². The number of benzene rings is 1. The minimum absolute atomic E-state index is 0.189. The molecule has 1 atom stereocenters. The maximum atomic E-state index is 13.6. The first-order chi connectivity index (χ1) is 10.6. The maximum Gasteiger partial charge on any atom is 0.131 e. The van der Waals surface area contributed by atoms with Crippen LogP contribution in [0.15, 0.2) is 18.2 Å². The van der Waals surface area contributed by atoms with Crippen LogP contribution in [0.2, 0.25) is 0 Å². The fraction of sp³-hybridized carbons (Fsp3) is 0.625. The number of aliphatic hydroxyl groups is 1. The van der Waals surface area contributed by atoms with Crippen LogP contribution in [0.3, 0.4) is 0 Å². The van der Waals surface area contributed by atoms with E-state index in [0.29, 0.717) is 13.2 Å². The van der Waals surface area contributed by atoms with Crippen molar-refractivity contribution in [2.45, 2.75) is 25.0 Å². The molecule has 1 saturated heterocycles. The molecule has 2 rings (SSSR count). The van der Waals surface area contributed by atoms with Crippen molar-refractivity contribution in [1.82, 2.24) is 4.90 Å². The zero-order chi connectivity index (χ0) is 15.9. The summed E-state index contributed by atoms with van der Waals surface area (Å²) in [5, 5.41) is 10.1. The third-order valence-electron chi connectivity index (χ3n) is 3.94. The summed E-state index contributed by atoms with van der Waals surface area (Å²) in [5.41, 5.74) is -0.249. The van der Waals surface area contributed by atoms with E-state index < -0.39 is 17.7 Å². The van der Waals surface area contributed by atoms with E-state index in [4.69, 9.17) is 9.47 Å². The Kier molecular flexibility index (Phi) is 6.70. The van der Waals surface area contributed by atoms with E-state index in [0.717, 1.165) is 38.1 Å². The number of β-amino-alcohol motifs (C(OH)–C–C–N with tert-alkyl or cyclic N) is 1. The molecule has 0 spiro atoms. The van der Waals surface area contributed by atoms with E-state index in [1.165, 1.54) is 6.07 Å². The van der Waals surface area contributed by atoms with Gasteiger partial charge in [0.2, 0.25) is 0 Å². The van der Waals surface area contributed by atoms with Crippen molar-refractivity contribution >= 4 is 0 Å². The van der Waals surface area contributed by atoms with Gasteiger partial charge in [-0.3, -0.25) is 0 Å². The molecule has 22 heavy (non-hydrogen) atoms. The van der Waals surface area contributed by atoms with Gasteiger partial charge in [0.15, 0.2) is 0 Å². The van der Waals surface area contributed by atoms with Gasteiger partial charge >= 0.3 is 0 Å². The summed E-state index contributed by atoms with van der Waals surface area (Å²) in [6.45, 7) is 2.86. The highest BCUT2D eigenvalue weighted by molar-refractivity contribution is 5.22. The number of halogens is 2. The standard InChI is InChI=1S/C16H23F2NO3/c1-21-9-10-22-12-5-7-19(8-6-12)11-15(20)16-13(17)3-2-4-14(16)18/h2-4,12,15,20H,5-11H2,1H3. The van der Waals surface area contributed by atoms with Gasteiger partial charge in [0.25, 0.3) is 0 Å². The Morgan fingerprint density at radius 1 is 1.23 bits per heavy atom. The normalized spacial score (nSPS) is 18.5. The molecule has 124 valence electrons. The lowest BCUT2D eigenvalue weighted by Gasteiger charge is -2.33. The van der Waals surface area contributed by atoms with Crippen molar-refractivity contribution in [3.8, 4) is 0 Å². The van der Waals surface area contributed by atoms with Crippen LogP contribution in [0.1, 0.15) is 24.5 Å². The first kappa shape index (κ1) is 17.3. The number of methoxy groups -OCH3 is 1. The fourth-order valence-electron chi connectivity index (χ4n) is 2.72. The molecule has 0 aliphatic carbocycles. The van der Waals surface area contributed by atoms with Crippen LogP contribution in [-0.4, -0.2) is 56.1 Å². The Labute approximate surface area is 129 Å². The zero-order valence-corrected chi connectivity index (χ0v) is 12.8. The van der Waals surface area contributed by atoms with Crippen LogP contribution in [-0.2, 0) is 9.47 Å². The molecular weight excluding hydrogens is 292 g/mol. The minimum atomic E-state index is -1.16. The predicted octanol–water partition coefficient (Wildman–Crippen LogP) is 2.13. The van der Waals surface area contributed by atoms with E-state index >= 15 is 0 Å². The molecule has 1 aromatic carbocycles. The predicted molar refractivity (Wildman–Crippen MR) is 78.6 cm³/mol. The fourth-order valence-corrected chi connectivity index (χ4v) is 2.72. The van der Waals surface area contributed by atoms with Crippen molar-refractivity contribution in [2.75, 3.05) is 40.0 Å². The van der Waals surface area contributed by atoms with E-state index in [1.54, 1.807) is 7.11 Å². The number of hydrogen-bond acceptors (Lipinski definition) is 4. The smallest absolute Gasteiger partial charge is 0.131 e. The molecule has 4 nitrogen and oxygen atoms in total. The van der Waals surface area contributed by atoms with Crippen LogP contribution >= 0.6 is 0 Å². The molecule has 1 aliphatic heterocycles. The van der Waals surface area contributed by atoms with Gasteiger partial charge in [-0.15, -0.1) is 0 Å². The van der Waals surface area contributed by atoms with Gasteiger partial charge in [-0.1, -0.05) is 6.07 Å². The molecule has 1 aromatic rings. The molecule has 1 heterocycles. The van der Waals surface area contributed by atoms with Crippen molar-refractivity contribution in [1.29, 1.82) is 0 Å². The third-order valence-corrected chi connectivity index (χ3v) is 3.94. The molecule has 0 bridgehead atoms. The molecule has 1 unspecified atom stereocenters. The van der Waals surface area contributed by atoms with Gasteiger partial charge in [-0.25, -0.2) is 8.78 Å². The van der Waals surface area contributed by atoms with Crippen LogP contribution in [0.5, 0.6) is 0 Å². The first-order valence-corrected chi connectivity index (χ1v) is 7.56. The lowest BCUT2D eigenvalue weighted by atomic mass is 10.0. The molecular formula is C16H23F2NO3. The van der Waals surface area contributed by atoms with Crippen molar-refractivity contribution in [3.05, 3.63) is 35.4 Å². The molecule has 1 N–H and O–H groups in total. The van der Waals surface area contributed by atoms with Crippen LogP contribution in [0.25, 0.3) is 0 Å². The molecule has 0 amide bonds. The summed E-state index contributed by atoms with van der Waals surface area (Å²) in [7, 11) is 1.63. The van der Waals surface area contributed by atoms with Gasteiger partial charge < -0.3 is 19.5 Å². The van der Waals surface area contributed by atoms with E-state index in [1.807, 2.05) is 4.90 Å². The highest BCUT2D eigenvalue weighted by Crippen LogP contribution is 2.23. The Hall–Kier alpha value is -1.08. The average Bonchev–Trinajstić information content (AvgIpc) is 2.49. The number of piperidine rings is 1. The quantitative estimate of drug-likeness (QED) is 0.783. The summed E-state index contributed by atoms with van der Waals surface area (Å²) >= 11 is 0. The number of aliphatic hydroxyl groups excluding tert-OH is 1. The maximum absolute atomic E-state index is 13.6. The van der Waals surface area contributed by atoms with Gasteiger partial charge in [-0.05, 0) is 25.0 Å². The molecule has 1 fully saturated rings. The van der Waals surface area contributed by atoms with Gasteiger partial charge in [0, 0.05) is 26.7 Å². The number of likely N-dealkylation sites (tertiary alicyclic amines) is 1. The Morgan fingerprint density at radius 2 is 1.86 bits per heavy atom. The second-order valence-corrected chi connectivity index (χ2v) is 5.51. The summed E-state index contributed by atoms with van der Waals surface area (Å²) < 4.78 is 37.9. The van der Waals surface area contributed by atoms with E-state index in [-0.39, 0.29) is 18.2 Å². The van der Waals surface area contributed by atoms with Gasteiger partial charge in [0.05, 0.1) is 31.0 Å². The summed E-state index contributed by atoms with van der Waals surface area (Å²) in [6, 6.07) is 3.62. The molecule has 0 saturated carbocycles. The molecule has 6 heteroatoms. The van der Waals surface area contributed by atoms with Crippen LogP contribution < -0.4 is 0 Å². The number of ether oxygens (including phenoxy) is 2. The number of rotatable bonds is 7. The highest BCUT2D eigenvalue weighted by atomic mass is 19.1. The molecule has 1 aliphatic rings. The van der Waals surface area contributed by atoms with E-state index in [9.17, 15) is 13.9 Å². The largest absolute Gasteiger partial charge is 0.387 e. The topological polar surface area (TPSA) is 41.9 Å². The third kappa shape index (κ3) is 4.71. The first-order valence-electron chi connectivity index (χ1n) is 7.56. The lowest BCUT2D eigenvalue weighted by Crippen LogP contribution is -2.39. The van der Waals surface area contributed by atoms with E-state index in [2.05, 4.69) is 0 Å². The lowest BCUT2D eigenvalue weighted by molar-refractivity contribution is -0.0211. The Balaban J connectivity index is 1.80. The Bertz CT molecular complexity index is 444. The van der Waals surface area contributed by atoms with Crippen molar-refractivity contribution in [3.63, 3.8) is 0 Å². The van der Waals surface area contributed by atoms with Gasteiger partial charge in [0.1, 0.15) is 11.6 Å². The minimum Gasteiger partial charge on any atom is -0.387 e.